The second kappa shape index (κ2) is 4.96. The molecule has 22 heavy (non-hydrogen) atoms. The van der Waals surface area contributed by atoms with Crippen LogP contribution < -0.4 is 0 Å². The average molecular weight is 320 g/mol. The molecule has 2 heterocycles. The summed E-state index contributed by atoms with van der Waals surface area (Å²) in [4.78, 5) is 14.3. The molecule has 7 nitrogen and oxygen atoms in total. The van der Waals surface area contributed by atoms with Gasteiger partial charge in [-0.1, -0.05) is 16.8 Å². The molecule has 3 rings (SSSR count). The second-order valence-corrected chi connectivity index (χ2v) is 5.18. The van der Waals surface area contributed by atoms with Crippen molar-refractivity contribution in [3.63, 3.8) is 0 Å². The molecule has 2 aromatic heterocycles. The lowest BCUT2D eigenvalue weighted by Gasteiger charge is -2.07. The first-order valence-electron chi connectivity index (χ1n) is 6.29. The Morgan fingerprint density at radius 2 is 2.09 bits per heavy atom. The molecule has 3 aromatic rings. The number of benzene rings is 1. The van der Waals surface area contributed by atoms with Crippen LogP contribution in [0.5, 0.6) is 5.75 Å². The van der Waals surface area contributed by atoms with Gasteiger partial charge in [0.15, 0.2) is 0 Å². The number of pyridine rings is 1. The fraction of sp³-hybridized carbons (Fsp3) is 0.143. The van der Waals surface area contributed by atoms with Crippen LogP contribution in [-0.2, 0) is 0 Å². The minimum Gasteiger partial charge on any atom is -0.507 e. The number of phenolic OH excluding ortho intramolecular Hbond substituents is 1. The first kappa shape index (κ1) is 14.3. The van der Waals surface area contributed by atoms with Gasteiger partial charge in [-0.25, -0.2) is 4.98 Å². The number of nitrogens with zero attached hydrogens (tertiary/aromatic N) is 3. The Morgan fingerprint density at radius 1 is 1.36 bits per heavy atom. The van der Waals surface area contributed by atoms with E-state index in [4.69, 9.17) is 16.1 Å². The highest BCUT2D eigenvalue weighted by atomic mass is 35.5. The number of aromatic nitrogens is 2. The number of halogens is 1. The highest BCUT2D eigenvalue weighted by Crippen LogP contribution is 2.40. The third kappa shape index (κ3) is 2.06. The maximum Gasteiger partial charge on any atom is 0.306 e. The van der Waals surface area contributed by atoms with E-state index in [0.717, 1.165) is 6.20 Å². The van der Waals surface area contributed by atoms with Crippen molar-refractivity contribution in [1.29, 1.82) is 0 Å². The highest BCUT2D eigenvalue weighted by molar-refractivity contribution is 6.37. The molecular weight excluding hydrogens is 310 g/mol. The molecule has 0 unspecified atom stereocenters. The Balaban J connectivity index is 2.31. The molecule has 0 atom stereocenters. The zero-order valence-electron chi connectivity index (χ0n) is 11.6. The Kier molecular flexibility index (Phi) is 3.22. The lowest BCUT2D eigenvalue weighted by atomic mass is 10.0. The van der Waals surface area contributed by atoms with Crippen molar-refractivity contribution in [1.82, 2.24) is 10.1 Å². The van der Waals surface area contributed by atoms with E-state index in [-0.39, 0.29) is 16.5 Å². The van der Waals surface area contributed by atoms with Crippen molar-refractivity contribution in [2.75, 3.05) is 0 Å². The summed E-state index contributed by atoms with van der Waals surface area (Å²) in [5.41, 5.74) is 1.90. The number of aromatic hydroxyl groups is 1. The summed E-state index contributed by atoms with van der Waals surface area (Å²) < 4.78 is 5.09. The smallest absolute Gasteiger partial charge is 0.306 e. The first-order chi connectivity index (χ1) is 10.4. The predicted octanol–water partition coefficient (Wildman–Crippen LogP) is 3.77. The molecule has 0 amide bonds. The Bertz CT molecular complexity index is 901. The van der Waals surface area contributed by atoms with Crippen LogP contribution in [0.3, 0.4) is 0 Å². The monoisotopic (exact) mass is 319 g/mol. The summed E-state index contributed by atoms with van der Waals surface area (Å²) in [7, 11) is 0. The SMILES string of the molecule is Cc1noc(C)c1-c1cc2ncc([N+](=O)[O-])c(Cl)c2cc1O. The number of phenols is 1. The van der Waals surface area contributed by atoms with Crippen molar-refractivity contribution >= 4 is 28.2 Å². The molecule has 0 fully saturated rings. The lowest BCUT2D eigenvalue weighted by molar-refractivity contribution is -0.384. The third-order valence-electron chi connectivity index (χ3n) is 3.40. The summed E-state index contributed by atoms with van der Waals surface area (Å²) in [5.74, 6) is 0.478. The molecule has 0 aliphatic heterocycles. The number of nitro groups is 1. The molecule has 0 saturated heterocycles. The molecular formula is C14H10ClN3O4. The van der Waals surface area contributed by atoms with Gasteiger partial charge in [0.2, 0.25) is 0 Å². The molecule has 0 saturated carbocycles. The summed E-state index contributed by atoms with van der Waals surface area (Å²) in [6, 6.07) is 2.96. The van der Waals surface area contributed by atoms with Gasteiger partial charge in [0.25, 0.3) is 0 Å². The van der Waals surface area contributed by atoms with Crippen LogP contribution in [0.4, 0.5) is 5.69 Å². The molecule has 0 aliphatic carbocycles. The van der Waals surface area contributed by atoms with E-state index < -0.39 is 4.92 Å². The molecule has 0 aliphatic rings. The zero-order chi connectivity index (χ0) is 16.0. The van der Waals surface area contributed by atoms with E-state index in [1.165, 1.54) is 6.07 Å². The molecule has 0 bridgehead atoms. The Labute approximate surface area is 129 Å². The van der Waals surface area contributed by atoms with Gasteiger partial charge < -0.3 is 9.63 Å². The van der Waals surface area contributed by atoms with Crippen LogP contribution >= 0.6 is 11.6 Å². The van der Waals surface area contributed by atoms with Crippen molar-refractivity contribution in [3.8, 4) is 16.9 Å². The standard InChI is InChI=1S/C14H10ClN3O4/c1-6-13(7(2)22-17-6)9-3-10-8(4-12(9)19)14(15)11(5-16-10)18(20)21/h3-5,19H,1-2H3. The van der Waals surface area contributed by atoms with Crippen LogP contribution in [0.25, 0.3) is 22.0 Å². The lowest BCUT2D eigenvalue weighted by Crippen LogP contribution is -1.93. The van der Waals surface area contributed by atoms with Gasteiger partial charge in [-0.3, -0.25) is 10.1 Å². The van der Waals surface area contributed by atoms with Crippen LogP contribution in [-0.4, -0.2) is 20.2 Å². The number of rotatable bonds is 2. The Morgan fingerprint density at radius 3 is 2.68 bits per heavy atom. The molecule has 8 heteroatoms. The van der Waals surface area contributed by atoms with E-state index in [9.17, 15) is 15.2 Å². The number of aryl methyl sites for hydroxylation is 2. The summed E-state index contributed by atoms with van der Waals surface area (Å²) in [5, 5.41) is 25.2. The predicted molar refractivity (Wildman–Crippen MR) is 80.0 cm³/mol. The molecule has 112 valence electrons. The largest absolute Gasteiger partial charge is 0.507 e. The summed E-state index contributed by atoms with van der Waals surface area (Å²) >= 11 is 6.02. The summed E-state index contributed by atoms with van der Waals surface area (Å²) in [6.07, 6.45) is 1.10. The van der Waals surface area contributed by atoms with Crippen LogP contribution in [0.1, 0.15) is 11.5 Å². The van der Waals surface area contributed by atoms with Gasteiger partial charge in [-0.15, -0.1) is 0 Å². The molecule has 1 N–H and O–H groups in total. The van der Waals surface area contributed by atoms with Crippen molar-refractivity contribution in [3.05, 3.63) is 44.9 Å². The van der Waals surface area contributed by atoms with Crippen LogP contribution in [0, 0.1) is 24.0 Å². The maximum atomic E-state index is 10.9. The van der Waals surface area contributed by atoms with Crippen molar-refractivity contribution in [2.24, 2.45) is 0 Å². The topological polar surface area (TPSA) is 102 Å². The normalized spacial score (nSPS) is 11.0. The van der Waals surface area contributed by atoms with E-state index in [0.29, 0.717) is 33.5 Å². The average Bonchev–Trinajstić information content (AvgIpc) is 2.78. The van der Waals surface area contributed by atoms with E-state index in [1.807, 2.05) is 0 Å². The van der Waals surface area contributed by atoms with Crippen LogP contribution in [0.15, 0.2) is 22.9 Å². The maximum absolute atomic E-state index is 10.9. The van der Waals surface area contributed by atoms with Gasteiger partial charge in [0.1, 0.15) is 22.7 Å². The molecule has 1 aromatic carbocycles. The Hall–Kier alpha value is -2.67. The van der Waals surface area contributed by atoms with Gasteiger partial charge in [-0.05, 0) is 26.0 Å². The minimum atomic E-state index is -0.617. The fourth-order valence-corrected chi connectivity index (χ4v) is 2.65. The van der Waals surface area contributed by atoms with E-state index in [2.05, 4.69) is 10.1 Å². The minimum absolute atomic E-state index is 0.0596. The van der Waals surface area contributed by atoms with Crippen molar-refractivity contribution in [2.45, 2.75) is 13.8 Å². The molecule has 0 spiro atoms. The number of hydrogen-bond acceptors (Lipinski definition) is 6. The third-order valence-corrected chi connectivity index (χ3v) is 3.80. The first-order valence-corrected chi connectivity index (χ1v) is 6.66. The fourth-order valence-electron chi connectivity index (χ4n) is 2.38. The van der Waals surface area contributed by atoms with Gasteiger partial charge in [0, 0.05) is 10.9 Å². The van der Waals surface area contributed by atoms with E-state index >= 15 is 0 Å². The zero-order valence-corrected chi connectivity index (χ0v) is 12.4. The van der Waals surface area contributed by atoms with E-state index in [1.54, 1.807) is 19.9 Å². The number of fused-ring (bicyclic) bond motifs is 1. The highest BCUT2D eigenvalue weighted by Gasteiger charge is 2.20. The second-order valence-electron chi connectivity index (χ2n) is 4.80. The van der Waals surface area contributed by atoms with Crippen LogP contribution in [0.2, 0.25) is 5.02 Å². The van der Waals surface area contributed by atoms with Gasteiger partial charge in [-0.2, -0.15) is 0 Å². The quantitative estimate of drug-likeness (QED) is 0.569. The van der Waals surface area contributed by atoms with Gasteiger partial charge >= 0.3 is 5.69 Å². The van der Waals surface area contributed by atoms with Gasteiger partial charge in [0.05, 0.1) is 21.7 Å². The van der Waals surface area contributed by atoms with Crippen molar-refractivity contribution < 1.29 is 14.6 Å². The summed E-state index contributed by atoms with van der Waals surface area (Å²) in [6.45, 7) is 3.49. The number of hydrogen-bond donors (Lipinski definition) is 1. The molecule has 0 radical (unpaired) electrons.